The molecule has 0 radical (unpaired) electrons. The van der Waals surface area contributed by atoms with E-state index in [2.05, 4.69) is 17.4 Å². The van der Waals surface area contributed by atoms with E-state index < -0.39 is 6.09 Å². The second-order valence-corrected chi connectivity index (χ2v) is 4.85. The van der Waals surface area contributed by atoms with Crippen LogP contribution in [0.3, 0.4) is 0 Å². The summed E-state index contributed by atoms with van der Waals surface area (Å²) in [6.07, 6.45) is -0.0430. The standard InChI is InChI=1S/C14H16N2O2/c17-14(18)16-9-11-7-15-8-12(11)13(16)6-10-4-2-1-3-5-10/h1-5,13,15H,6-9H2,(H,17,18). The lowest BCUT2D eigenvalue weighted by Gasteiger charge is -2.25. The van der Waals surface area contributed by atoms with Crippen LogP contribution in [0.25, 0.3) is 0 Å². The second-order valence-electron chi connectivity index (χ2n) is 4.85. The van der Waals surface area contributed by atoms with Crippen LogP contribution in [-0.2, 0) is 6.42 Å². The topological polar surface area (TPSA) is 52.6 Å². The minimum atomic E-state index is -0.815. The Hall–Kier alpha value is -1.81. The van der Waals surface area contributed by atoms with Crippen LogP contribution in [0, 0.1) is 0 Å². The van der Waals surface area contributed by atoms with Gasteiger partial charge in [0, 0.05) is 19.6 Å². The van der Waals surface area contributed by atoms with E-state index in [-0.39, 0.29) is 6.04 Å². The molecule has 4 nitrogen and oxygen atoms in total. The highest BCUT2D eigenvalue weighted by molar-refractivity contribution is 5.68. The molecule has 1 aromatic carbocycles. The Labute approximate surface area is 106 Å². The van der Waals surface area contributed by atoms with Crippen molar-refractivity contribution in [2.45, 2.75) is 12.5 Å². The van der Waals surface area contributed by atoms with Gasteiger partial charge >= 0.3 is 6.09 Å². The van der Waals surface area contributed by atoms with E-state index in [1.807, 2.05) is 18.2 Å². The number of hydrogen-bond donors (Lipinski definition) is 2. The van der Waals surface area contributed by atoms with Gasteiger partial charge in [0.2, 0.25) is 0 Å². The molecule has 0 aliphatic carbocycles. The first-order chi connectivity index (χ1) is 8.75. The zero-order valence-corrected chi connectivity index (χ0v) is 10.1. The van der Waals surface area contributed by atoms with Crippen LogP contribution in [0.2, 0.25) is 0 Å². The number of rotatable bonds is 2. The van der Waals surface area contributed by atoms with Crippen LogP contribution in [0.4, 0.5) is 4.79 Å². The molecule has 0 bridgehead atoms. The number of hydrogen-bond acceptors (Lipinski definition) is 2. The molecule has 0 saturated heterocycles. The number of benzene rings is 1. The summed E-state index contributed by atoms with van der Waals surface area (Å²) in [7, 11) is 0. The van der Waals surface area contributed by atoms with Gasteiger partial charge in [0.25, 0.3) is 0 Å². The highest BCUT2D eigenvalue weighted by Gasteiger charge is 2.37. The Morgan fingerprint density at radius 2 is 2.11 bits per heavy atom. The Balaban J connectivity index is 1.85. The third-order valence-electron chi connectivity index (χ3n) is 3.77. The fraction of sp³-hybridized carbons (Fsp3) is 0.357. The lowest BCUT2D eigenvalue weighted by Crippen LogP contribution is -2.40. The zero-order valence-electron chi connectivity index (χ0n) is 10.1. The molecule has 1 amide bonds. The van der Waals surface area contributed by atoms with Crippen LogP contribution in [0.15, 0.2) is 41.5 Å². The van der Waals surface area contributed by atoms with Gasteiger partial charge in [0.05, 0.1) is 6.04 Å². The highest BCUT2D eigenvalue weighted by Crippen LogP contribution is 2.29. The molecule has 2 aliphatic heterocycles. The number of nitrogens with one attached hydrogen (secondary N) is 1. The molecule has 2 aliphatic rings. The molecule has 1 atom stereocenters. The summed E-state index contributed by atoms with van der Waals surface area (Å²) in [5.74, 6) is 0. The van der Waals surface area contributed by atoms with E-state index in [0.717, 1.165) is 19.5 Å². The molecule has 0 spiro atoms. The van der Waals surface area contributed by atoms with Crippen molar-refractivity contribution in [1.82, 2.24) is 10.2 Å². The maximum Gasteiger partial charge on any atom is 0.408 e. The number of amides is 1. The molecular weight excluding hydrogens is 228 g/mol. The predicted molar refractivity (Wildman–Crippen MR) is 68.6 cm³/mol. The van der Waals surface area contributed by atoms with Crippen LogP contribution in [-0.4, -0.2) is 41.8 Å². The van der Waals surface area contributed by atoms with Crippen molar-refractivity contribution in [1.29, 1.82) is 0 Å². The van der Waals surface area contributed by atoms with E-state index in [4.69, 9.17) is 0 Å². The van der Waals surface area contributed by atoms with Crippen LogP contribution < -0.4 is 5.32 Å². The molecular formula is C14H16N2O2. The first-order valence-electron chi connectivity index (χ1n) is 6.20. The fourth-order valence-corrected chi connectivity index (χ4v) is 2.87. The van der Waals surface area contributed by atoms with Gasteiger partial charge in [-0.15, -0.1) is 0 Å². The molecule has 94 valence electrons. The van der Waals surface area contributed by atoms with E-state index in [1.54, 1.807) is 4.90 Å². The van der Waals surface area contributed by atoms with Gasteiger partial charge in [-0.3, -0.25) is 4.90 Å². The Morgan fingerprint density at radius 1 is 1.33 bits per heavy atom. The van der Waals surface area contributed by atoms with Gasteiger partial charge in [-0.1, -0.05) is 30.3 Å². The molecule has 0 aromatic heterocycles. The minimum Gasteiger partial charge on any atom is -0.465 e. The van der Waals surface area contributed by atoms with E-state index in [9.17, 15) is 9.90 Å². The van der Waals surface area contributed by atoms with Crippen molar-refractivity contribution >= 4 is 6.09 Å². The quantitative estimate of drug-likeness (QED) is 0.775. The lowest BCUT2D eigenvalue weighted by atomic mass is 9.99. The normalized spacial score (nSPS) is 22.4. The molecule has 0 saturated carbocycles. The van der Waals surface area contributed by atoms with E-state index in [1.165, 1.54) is 16.7 Å². The molecule has 2 N–H and O–H groups in total. The third-order valence-corrected chi connectivity index (χ3v) is 3.77. The second kappa shape index (κ2) is 4.46. The smallest absolute Gasteiger partial charge is 0.408 e. The summed E-state index contributed by atoms with van der Waals surface area (Å²) in [6, 6.07) is 10.1. The third kappa shape index (κ3) is 1.88. The van der Waals surface area contributed by atoms with Crippen molar-refractivity contribution in [2.24, 2.45) is 0 Å². The first-order valence-corrected chi connectivity index (χ1v) is 6.20. The maximum atomic E-state index is 11.3. The zero-order chi connectivity index (χ0) is 12.5. The largest absolute Gasteiger partial charge is 0.465 e. The first kappa shape index (κ1) is 11.3. The Kier molecular flexibility index (Phi) is 2.80. The van der Waals surface area contributed by atoms with Gasteiger partial charge in [-0.2, -0.15) is 0 Å². The average Bonchev–Trinajstić information content (AvgIpc) is 2.93. The van der Waals surface area contributed by atoms with E-state index in [0.29, 0.717) is 6.54 Å². The molecule has 0 fully saturated rings. The summed E-state index contributed by atoms with van der Waals surface area (Å²) >= 11 is 0. The summed E-state index contributed by atoms with van der Waals surface area (Å²) in [5.41, 5.74) is 3.73. The molecule has 2 heterocycles. The number of carbonyl (C=O) groups is 1. The van der Waals surface area contributed by atoms with Gasteiger partial charge in [0.15, 0.2) is 0 Å². The predicted octanol–water partition coefficient (Wildman–Crippen LogP) is 1.49. The molecule has 1 aromatic rings. The van der Waals surface area contributed by atoms with Crippen molar-refractivity contribution in [2.75, 3.05) is 19.6 Å². The van der Waals surface area contributed by atoms with E-state index >= 15 is 0 Å². The van der Waals surface area contributed by atoms with Gasteiger partial charge in [0.1, 0.15) is 0 Å². The lowest BCUT2D eigenvalue weighted by molar-refractivity contribution is 0.141. The molecule has 1 unspecified atom stereocenters. The number of nitrogens with zero attached hydrogens (tertiary/aromatic N) is 1. The number of carboxylic acid groups (broad SMARTS) is 1. The highest BCUT2D eigenvalue weighted by atomic mass is 16.4. The maximum absolute atomic E-state index is 11.3. The van der Waals surface area contributed by atoms with Crippen LogP contribution >= 0.6 is 0 Å². The molecule has 18 heavy (non-hydrogen) atoms. The van der Waals surface area contributed by atoms with Crippen molar-refractivity contribution in [3.8, 4) is 0 Å². The summed E-state index contributed by atoms with van der Waals surface area (Å²) in [6.45, 7) is 2.23. The average molecular weight is 244 g/mol. The van der Waals surface area contributed by atoms with Crippen molar-refractivity contribution < 1.29 is 9.90 Å². The Morgan fingerprint density at radius 3 is 2.83 bits per heavy atom. The Bertz CT molecular complexity index is 496. The summed E-state index contributed by atoms with van der Waals surface area (Å²) < 4.78 is 0. The minimum absolute atomic E-state index is 0.00917. The summed E-state index contributed by atoms with van der Waals surface area (Å²) in [5, 5.41) is 12.6. The monoisotopic (exact) mass is 244 g/mol. The SMILES string of the molecule is O=C(O)N1CC2=C(CNC2)C1Cc1ccccc1. The van der Waals surface area contributed by atoms with Crippen LogP contribution in [0.1, 0.15) is 5.56 Å². The van der Waals surface area contributed by atoms with Gasteiger partial charge < -0.3 is 10.4 Å². The van der Waals surface area contributed by atoms with Gasteiger partial charge in [-0.05, 0) is 23.1 Å². The van der Waals surface area contributed by atoms with Crippen molar-refractivity contribution in [3.63, 3.8) is 0 Å². The summed E-state index contributed by atoms with van der Waals surface area (Å²) in [4.78, 5) is 12.9. The fourth-order valence-electron chi connectivity index (χ4n) is 2.87. The molecule has 4 heteroatoms. The van der Waals surface area contributed by atoms with Gasteiger partial charge in [-0.25, -0.2) is 4.79 Å². The molecule has 3 rings (SSSR count). The van der Waals surface area contributed by atoms with Crippen LogP contribution in [0.5, 0.6) is 0 Å². The van der Waals surface area contributed by atoms with Crippen molar-refractivity contribution in [3.05, 3.63) is 47.0 Å².